The van der Waals surface area contributed by atoms with Crippen LogP contribution in [-0.2, 0) is 4.84 Å². The zero-order valence-corrected chi connectivity index (χ0v) is 24.5. The van der Waals surface area contributed by atoms with Crippen molar-refractivity contribution in [2.75, 3.05) is 45.7 Å². The molecule has 8 heteroatoms. The highest BCUT2D eigenvalue weighted by atomic mass is 16.6. The van der Waals surface area contributed by atoms with Gasteiger partial charge in [0.2, 0.25) is 0 Å². The maximum absolute atomic E-state index is 12.3. The second kappa shape index (κ2) is 13.7. The van der Waals surface area contributed by atoms with E-state index in [0.29, 0.717) is 17.9 Å². The molecule has 1 saturated heterocycles. The number of anilines is 1. The van der Waals surface area contributed by atoms with E-state index in [-0.39, 0.29) is 17.6 Å². The Morgan fingerprint density at radius 3 is 2.23 bits per heavy atom. The first-order chi connectivity index (χ1) is 19.2. The summed E-state index contributed by atoms with van der Waals surface area (Å²) in [4.78, 5) is 22.7. The molecule has 2 aromatic carbocycles. The van der Waals surface area contributed by atoms with E-state index in [2.05, 4.69) is 72.3 Å². The second-order valence-corrected chi connectivity index (χ2v) is 11.9. The molecule has 1 unspecified atom stereocenters. The number of likely N-dealkylation sites (tertiary alicyclic amines) is 1. The Bertz CT molecular complexity index is 1200. The van der Waals surface area contributed by atoms with E-state index >= 15 is 0 Å². The summed E-state index contributed by atoms with van der Waals surface area (Å²) in [5, 5.41) is 9.58. The van der Waals surface area contributed by atoms with Gasteiger partial charge < -0.3 is 24.7 Å². The summed E-state index contributed by atoms with van der Waals surface area (Å²) >= 11 is 0. The maximum Gasteiger partial charge on any atom is 0.324 e. The molecule has 2 N–H and O–H groups in total. The molecule has 0 spiro atoms. The molecular weight excluding hydrogens is 502 g/mol. The smallest absolute Gasteiger partial charge is 0.324 e. The van der Waals surface area contributed by atoms with E-state index < -0.39 is 0 Å². The van der Waals surface area contributed by atoms with Crippen LogP contribution in [0.25, 0.3) is 0 Å². The number of ether oxygens (including phenoxy) is 1. The number of amides is 2. The minimum atomic E-state index is -0.345. The zero-order chi connectivity index (χ0) is 28.5. The van der Waals surface area contributed by atoms with Crippen molar-refractivity contribution < 1.29 is 14.4 Å². The number of oxime groups is 1. The van der Waals surface area contributed by atoms with Gasteiger partial charge in [-0.05, 0) is 95.0 Å². The van der Waals surface area contributed by atoms with Crippen LogP contribution in [-0.4, -0.2) is 74.1 Å². The molecule has 40 heavy (non-hydrogen) atoms. The molecule has 2 aliphatic heterocycles. The number of urea groups is 1. The standard InChI is InChI=1S/C32H43N5O3/c1-32(2,3)29-23-30(35-40-29)34-31(38)33-26-13-9-24(10-14-26)7-8-25-11-15-28(16-12-25)39-22-6-19-37-20-17-27(18-21-37)36(4)5/h9-16,27,29H,6,17-23H2,1-5H3,(H2,33,34,35,38). The lowest BCUT2D eigenvalue weighted by molar-refractivity contribution is 0.00830. The van der Waals surface area contributed by atoms with Crippen molar-refractivity contribution in [1.82, 2.24) is 15.1 Å². The highest BCUT2D eigenvalue weighted by Crippen LogP contribution is 2.28. The Labute approximate surface area is 239 Å². The number of hydrogen-bond donors (Lipinski definition) is 2. The molecule has 2 aromatic rings. The van der Waals surface area contributed by atoms with E-state index in [9.17, 15) is 4.79 Å². The second-order valence-electron chi connectivity index (χ2n) is 11.9. The first kappa shape index (κ1) is 29.4. The van der Waals surface area contributed by atoms with E-state index in [1.54, 1.807) is 0 Å². The van der Waals surface area contributed by atoms with Gasteiger partial charge in [-0.3, -0.25) is 5.32 Å². The molecule has 1 atom stereocenters. The van der Waals surface area contributed by atoms with Crippen molar-refractivity contribution in [2.45, 2.75) is 58.6 Å². The molecule has 2 aliphatic rings. The molecular formula is C32H43N5O3. The van der Waals surface area contributed by atoms with Crippen molar-refractivity contribution in [3.8, 4) is 17.6 Å². The fourth-order valence-corrected chi connectivity index (χ4v) is 4.76. The number of piperidine rings is 1. The van der Waals surface area contributed by atoms with Crippen LogP contribution in [0, 0.1) is 17.3 Å². The number of rotatable bonds is 7. The SMILES string of the molecule is CN(C)C1CCN(CCCOc2ccc(C#Cc3ccc(NC(=O)NC4=NOC(C(C)(C)C)C4)cc3)cc2)CC1. The summed E-state index contributed by atoms with van der Waals surface area (Å²) in [5.74, 6) is 7.77. The molecule has 0 bridgehead atoms. The Morgan fingerprint density at radius 1 is 1.02 bits per heavy atom. The summed E-state index contributed by atoms with van der Waals surface area (Å²) in [6.45, 7) is 10.4. The summed E-state index contributed by atoms with van der Waals surface area (Å²) in [5.41, 5.74) is 2.42. The number of amidine groups is 1. The molecule has 0 aliphatic carbocycles. The van der Waals surface area contributed by atoms with Gasteiger partial charge in [-0.15, -0.1) is 0 Å². The van der Waals surface area contributed by atoms with Crippen LogP contribution < -0.4 is 15.4 Å². The van der Waals surface area contributed by atoms with Gasteiger partial charge >= 0.3 is 6.03 Å². The van der Waals surface area contributed by atoms with Crippen molar-refractivity contribution in [1.29, 1.82) is 0 Å². The fraction of sp³-hybridized carbons (Fsp3) is 0.500. The van der Waals surface area contributed by atoms with E-state index in [0.717, 1.165) is 42.5 Å². The number of hydrogen-bond acceptors (Lipinski definition) is 6. The Hall–Kier alpha value is -3.54. The monoisotopic (exact) mass is 545 g/mol. The molecule has 0 radical (unpaired) electrons. The average molecular weight is 546 g/mol. The van der Waals surface area contributed by atoms with Crippen LogP contribution in [0.5, 0.6) is 5.75 Å². The lowest BCUT2D eigenvalue weighted by Crippen LogP contribution is -2.42. The van der Waals surface area contributed by atoms with Gasteiger partial charge in [0.25, 0.3) is 0 Å². The highest BCUT2D eigenvalue weighted by Gasteiger charge is 2.33. The van der Waals surface area contributed by atoms with E-state index in [1.165, 1.54) is 25.9 Å². The Morgan fingerprint density at radius 2 is 1.65 bits per heavy atom. The highest BCUT2D eigenvalue weighted by molar-refractivity contribution is 6.03. The van der Waals surface area contributed by atoms with Crippen LogP contribution in [0.3, 0.4) is 0 Å². The van der Waals surface area contributed by atoms with Crippen LogP contribution in [0.15, 0.2) is 53.7 Å². The third-order valence-electron chi connectivity index (χ3n) is 7.42. The van der Waals surface area contributed by atoms with Gasteiger partial charge in [-0.1, -0.05) is 37.8 Å². The quantitative estimate of drug-likeness (QED) is 0.372. The van der Waals surface area contributed by atoms with Crippen molar-refractivity contribution in [3.05, 3.63) is 59.7 Å². The summed E-state index contributed by atoms with van der Waals surface area (Å²) in [6, 6.07) is 15.7. The zero-order valence-electron chi connectivity index (χ0n) is 24.5. The molecule has 1 fully saturated rings. The third-order valence-corrected chi connectivity index (χ3v) is 7.42. The van der Waals surface area contributed by atoms with E-state index in [4.69, 9.17) is 9.57 Å². The Balaban J connectivity index is 1.16. The summed E-state index contributed by atoms with van der Waals surface area (Å²) < 4.78 is 5.94. The first-order valence-electron chi connectivity index (χ1n) is 14.2. The summed E-state index contributed by atoms with van der Waals surface area (Å²) in [6.07, 6.45) is 4.06. The van der Waals surface area contributed by atoms with Crippen molar-refractivity contribution >= 4 is 17.6 Å². The number of carbonyl (C=O) groups excluding carboxylic acids is 1. The molecule has 4 rings (SSSR count). The molecule has 2 amide bonds. The van der Waals surface area contributed by atoms with Gasteiger partial charge in [-0.25, -0.2) is 4.79 Å². The van der Waals surface area contributed by atoms with Gasteiger partial charge in [-0.2, -0.15) is 0 Å². The van der Waals surface area contributed by atoms with Crippen LogP contribution in [0.1, 0.15) is 57.6 Å². The molecule has 8 nitrogen and oxygen atoms in total. The minimum Gasteiger partial charge on any atom is -0.494 e. The molecule has 214 valence electrons. The Kier molecular flexibility index (Phi) is 10.1. The average Bonchev–Trinajstić information content (AvgIpc) is 3.41. The topological polar surface area (TPSA) is 78.4 Å². The van der Waals surface area contributed by atoms with Gasteiger partial charge in [0, 0.05) is 41.2 Å². The fourth-order valence-electron chi connectivity index (χ4n) is 4.76. The minimum absolute atomic E-state index is 0.0421. The predicted octanol–water partition coefficient (Wildman–Crippen LogP) is 5.15. The molecule has 2 heterocycles. The third kappa shape index (κ3) is 9.00. The van der Waals surface area contributed by atoms with Gasteiger partial charge in [0.15, 0.2) is 5.84 Å². The maximum atomic E-state index is 12.3. The molecule has 0 saturated carbocycles. The number of nitrogens with one attached hydrogen (secondary N) is 2. The van der Waals surface area contributed by atoms with E-state index in [1.807, 2.05) is 48.5 Å². The van der Waals surface area contributed by atoms with Crippen LogP contribution >= 0.6 is 0 Å². The largest absolute Gasteiger partial charge is 0.494 e. The van der Waals surface area contributed by atoms with Crippen LogP contribution in [0.2, 0.25) is 0 Å². The number of carbonyl (C=O) groups is 1. The number of benzene rings is 2. The lowest BCUT2D eigenvalue weighted by Gasteiger charge is -2.35. The lowest BCUT2D eigenvalue weighted by atomic mass is 9.87. The van der Waals surface area contributed by atoms with Crippen molar-refractivity contribution in [2.24, 2.45) is 10.6 Å². The molecule has 0 aromatic heterocycles. The van der Waals surface area contributed by atoms with Gasteiger partial charge in [0.05, 0.1) is 6.61 Å². The van der Waals surface area contributed by atoms with Crippen molar-refractivity contribution in [3.63, 3.8) is 0 Å². The predicted molar refractivity (Wildman–Crippen MR) is 161 cm³/mol. The normalized spacial score (nSPS) is 17.9. The number of nitrogens with zero attached hydrogens (tertiary/aromatic N) is 3. The first-order valence-corrected chi connectivity index (χ1v) is 14.2. The van der Waals surface area contributed by atoms with Crippen LogP contribution in [0.4, 0.5) is 10.5 Å². The van der Waals surface area contributed by atoms with Gasteiger partial charge in [0.1, 0.15) is 11.9 Å². The summed E-state index contributed by atoms with van der Waals surface area (Å²) in [7, 11) is 4.35.